The average molecular weight is 373 g/mol. The molecule has 26 heavy (non-hydrogen) atoms. The van der Waals surface area contributed by atoms with Gasteiger partial charge < -0.3 is 10.2 Å². The molecule has 1 unspecified atom stereocenters. The predicted octanol–water partition coefficient (Wildman–Crippen LogP) is 4.78. The number of anilines is 1. The number of hydrogen-bond acceptors (Lipinski definition) is 3. The van der Waals surface area contributed by atoms with Gasteiger partial charge in [-0.1, -0.05) is 24.6 Å². The molecule has 0 amide bonds. The second kappa shape index (κ2) is 7.61. The first-order valence-electron chi connectivity index (χ1n) is 10.0. The van der Waals surface area contributed by atoms with Crippen molar-refractivity contribution in [1.82, 2.24) is 14.7 Å². The number of benzene rings is 1. The molecular weight excluding hydrogens is 344 g/mol. The lowest BCUT2D eigenvalue weighted by Gasteiger charge is -2.31. The summed E-state index contributed by atoms with van der Waals surface area (Å²) < 4.78 is 2.13. The van der Waals surface area contributed by atoms with Crippen molar-refractivity contribution in [3.8, 4) is 5.69 Å². The molecule has 0 saturated carbocycles. The number of halogens is 1. The van der Waals surface area contributed by atoms with Crippen molar-refractivity contribution >= 4 is 17.4 Å². The lowest BCUT2D eigenvalue weighted by molar-refractivity contribution is 0.215. The summed E-state index contributed by atoms with van der Waals surface area (Å²) >= 11 is 6.40. The number of nitrogens with zero attached hydrogens (tertiary/aromatic N) is 3. The van der Waals surface area contributed by atoms with Gasteiger partial charge in [0.05, 0.1) is 11.4 Å². The molecule has 5 heteroatoms. The van der Waals surface area contributed by atoms with Gasteiger partial charge in [-0.15, -0.1) is 0 Å². The summed E-state index contributed by atoms with van der Waals surface area (Å²) in [4.78, 5) is 2.56. The van der Waals surface area contributed by atoms with Crippen LogP contribution >= 0.6 is 11.6 Å². The highest BCUT2D eigenvalue weighted by atomic mass is 35.5. The van der Waals surface area contributed by atoms with Crippen molar-refractivity contribution < 1.29 is 0 Å². The van der Waals surface area contributed by atoms with Gasteiger partial charge in [-0.05, 0) is 69.8 Å². The van der Waals surface area contributed by atoms with E-state index in [2.05, 4.69) is 34.8 Å². The van der Waals surface area contributed by atoms with E-state index >= 15 is 0 Å². The zero-order chi connectivity index (χ0) is 18.1. The van der Waals surface area contributed by atoms with E-state index in [1.54, 1.807) is 0 Å². The Morgan fingerprint density at radius 3 is 3.00 bits per heavy atom. The van der Waals surface area contributed by atoms with Gasteiger partial charge in [0.2, 0.25) is 0 Å². The van der Waals surface area contributed by atoms with Gasteiger partial charge in [-0.3, -0.25) is 0 Å². The zero-order valence-electron chi connectivity index (χ0n) is 15.9. The number of fused-ring (bicyclic) bond motifs is 1. The van der Waals surface area contributed by atoms with E-state index in [1.807, 2.05) is 12.1 Å². The quantitative estimate of drug-likeness (QED) is 0.841. The van der Waals surface area contributed by atoms with Crippen LogP contribution in [0.3, 0.4) is 0 Å². The Morgan fingerprint density at radius 2 is 2.15 bits per heavy atom. The molecule has 0 bridgehead atoms. The van der Waals surface area contributed by atoms with Crippen LogP contribution in [-0.4, -0.2) is 40.9 Å². The second-order valence-corrected chi connectivity index (χ2v) is 8.03. The fourth-order valence-corrected chi connectivity index (χ4v) is 4.59. The van der Waals surface area contributed by atoms with Gasteiger partial charge in [0, 0.05) is 29.6 Å². The third-order valence-electron chi connectivity index (χ3n) is 5.97. The third kappa shape index (κ3) is 3.25. The van der Waals surface area contributed by atoms with Crippen molar-refractivity contribution in [3.63, 3.8) is 0 Å². The summed E-state index contributed by atoms with van der Waals surface area (Å²) in [5.74, 6) is 1.73. The molecule has 140 valence electrons. The molecule has 1 saturated heterocycles. The van der Waals surface area contributed by atoms with Crippen LogP contribution in [0.1, 0.15) is 55.3 Å². The molecule has 2 aliphatic rings. The summed E-state index contributed by atoms with van der Waals surface area (Å²) in [6.45, 7) is 8.85. The van der Waals surface area contributed by atoms with E-state index < -0.39 is 0 Å². The summed E-state index contributed by atoms with van der Waals surface area (Å²) in [5, 5.41) is 9.64. The topological polar surface area (TPSA) is 33.1 Å². The summed E-state index contributed by atoms with van der Waals surface area (Å²) in [6.07, 6.45) is 6.09. The Hall–Kier alpha value is -1.52. The van der Waals surface area contributed by atoms with E-state index in [0.29, 0.717) is 5.92 Å². The number of hydrogen-bond donors (Lipinski definition) is 1. The van der Waals surface area contributed by atoms with Crippen LogP contribution in [-0.2, 0) is 6.42 Å². The molecule has 4 rings (SSSR count). The maximum atomic E-state index is 6.40. The largest absolute Gasteiger partial charge is 0.370 e. The lowest BCUT2D eigenvalue weighted by atomic mass is 9.91. The first-order valence-corrected chi connectivity index (χ1v) is 10.4. The SMILES string of the molecule is CCN1CCCC(c2nn(-c3cccc(Cl)c3C)c3c2CCCCN3)C1. The van der Waals surface area contributed by atoms with Crippen LogP contribution in [0.5, 0.6) is 0 Å². The van der Waals surface area contributed by atoms with Gasteiger partial charge in [-0.2, -0.15) is 5.10 Å². The normalized spacial score (nSPS) is 21.1. The fraction of sp³-hybridized carbons (Fsp3) is 0.571. The molecule has 3 heterocycles. The van der Waals surface area contributed by atoms with Gasteiger partial charge in [0.25, 0.3) is 0 Å². The van der Waals surface area contributed by atoms with E-state index in [1.165, 1.54) is 49.3 Å². The zero-order valence-corrected chi connectivity index (χ0v) is 16.6. The van der Waals surface area contributed by atoms with Crippen LogP contribution in [0.15, 0.2) is 18.2 Å². The molecule has 1 fully saturated rings. The van der Waals surface area contributed by atoms with Crippen molar-refractivity contribution in [2.24, 2.45) is 0 Å². The van der Waals surface area contributed by atoms with Crippen molar-refractivity contribution in [1.29, 1.82) is 0 Å². The highest BCUT2D eigenvalue weighted by molar-refractivity contribution is 6.31. The lowest BCUT2D eigenvalue weighted by Crippen LogP contribution is -2.34. The summed E-state index contributed by atoms with van der Waals surface area (Å²) in [7, 11) is 0. The Morgan fingerprint density at radius 1 is 1.27 bits per heavy atom. The van der Waals surface area contributed by atoms with Gasteiger partial charge in [0.15, 0.2) is 0 Å². The molecule has 0 aliphatic carbocycles. The maximum Gasteiger partial charge on any atom is 0.133 e. The Labute approximate surface area is 161 Å². The number of likely N-dealkylation sites (N-methyl/N-ethyl adjacent to an activating group) is 1. The molecule has 2 aromatic rings. The monoisotopic (exact) mass is 372 g/mol. The van der Waals surface area contributed by atoms with E-state index in [4.69, 9.17) is 16.7 Å². The minimum Gasteiger partial charge on any atom is -0.370 e. The second-order valence-electron chi connectivity index (χ2n) is 7.62. The first kappa shape index (κ1) is 17.9. The number of piperidine rings is 1. The first-order chi connectivity index (χ1) is 12.7. The van der Waals surface area contributed by atoms with Crippen LogP contribution < -0.4 is 5.32 Å². The van der Waals surface area contributed by atoms with Crippen LogP contribution in [0.2, 0.25) is 5.02 Å². The van der Waals surface area contributed by atoms with Crippen molar-refractivity contribution in [2.45, 2.75) is 51.9 Å². The molecule has 1 aromatic carbocycles. The highest BCUT2D eigenvalue weighted by Crippen LogP contribution is 2.36. The minimum absolute atomic E-state index is 0.540. The van der Waals surface area contributed by atoms with E-state index in [-0.39, 0.29) is 0 Å². The molecular formula is C21H29ClN4. The predicted molar refractivity (Wildman–Crippen MR) is 109 cm³/mol. The number of likely N-dealkylation sites (tertiary alicyclic amines) is 1. The smallest absolute Gasteiger partial charge is 0.133 e. The van der Waals surface area contributed by atoms with Crippen LogP contribution in [0.25, 0.3) is 5.69 Å². The Kier molecular flexibility index (Phi) is 5.23. The Balaban J connectivity index is 1.80. The maximum absolute atomic E-state index is 6.40. The fourth-order valence-electron chi connectivity index (χ4n) is 4.42. The number of rotatable bonds is 3. The third-order valence-corrected chi connectivity index (χ3v) is 6.38. The number of nitrogens with one attached hydrogen (secondary N) is 1. The van der Waals surface area contributed by atoms with Crippen LogP contribution in [0, 0.1) is 6.92 Å². The average Bonchev–Trinajstić information content (AvgIpc) is 2.85. The standard InChI is InChI=1S/C21H29ClN4/c1-3-25-13-7-8-16(14-25)20-17-9-4-5-12-23-21(17)26(24-20)19-11-6-10-18(22)15(19)2/h6,10-11,16,23H,3-5,7-9,12-14H2,1-2H3. The highest BCUT2D eigenvalue weighted by Gasteiger charge is 2.29. The Bertz CT molecular complexity index is 783. The van der Waals surface area contributed by atoms with Crippen molar-refractivity contribution in [2.75, 3.05) is 31.5 Å². The summed E-state index contributed by atoms with van der Waals surface area (Å²) in [6, 6.07) is 6.11. The van der Waals surface area contributed by atoms with Gasteiger partial charge >= 0.3 is 0 Å². The minimum atomic E-state index is 0.540. The molecule has 1 atom stereocenters. The van der Waals surface area contributed by atoms with Crippen molar-refractivity contribution in [3.05, 3.63) is 40.0 Å². The molecule has 1 aromatic heterocycles. The molecule has 0 radical (unpaired) electrons. The van der Waals surface area contributed by atoms with Gasteiger partial charge in [0.1, 0.15) is 5.82 Å². The van der Waals surface area contributed by atoms with Gasteiger partial charge in [-0.25, -0.2) is 4.68 Å². The molecule has 1 N–H and O–H groups in total. The summed E-state index contributed by atoms with van der Waals surface area (Å²) in [5.41, 5.74) is 4.94. The molecule has 2 aliphatic heterocycles. The molecule has 0 spiro atoms. The number of aromatic nitrogens is 2. The van der Waals surface area contributed by atoms with E-state index in [9.17, 15) is 0 Å². The van der Waals surface area contributed by atoms with Crippen LogP contribution in [0.4, 0.5) is 5.82 Å². The molecule has 4 nitrogen and oxygen atoms in total. The van der Waals surface area contributed by atoms with E-state index in [0.717, 1.165) is 42.3 Å².